The van der Waals surface area contributed by atoms with Crippen molar-refractivity contribution in [1.29, 1.82) is 0 Å². The van der Waals surface area contributed by atoms with Crippen LogP contribution in [0.2, 0.25) is 5.02 Å². The summed E-state index contributed by atoms with van der Waals surface area (Å²) in [6, 6.07) is 13.7. The van der Waals surface area contributed by atoms with Crippen LogP contribution in [0.1, 0.15) is 25.8 Å². The van der Waals surface area contributed by atoms with E-state index in [0.717, 1.165) is 5.13 Å². The van der Waals surface area contributed by atoms with Crippen molar-refractivity contribution in [1.82, 2.24) is 9.88 Å². The number of aromatic nitrogens is 1. The molecule has 7 nitrogen and oxygen atoms in total. The lowest BCUT2D eigenvalue weighted by molar-refractivity contribution is 0.0714. The highest BCUT2D eigenvalue weighted by atomic mass is 35.5. The standard InChI is InChI=1S/C23H18ClN3O4S/c24-16-7-5-15(6-8-16)20(28)21-19(17-3-1-13-30-17)25-23(32-21)27-11-9-26(10-12-27)22(29)18-4-2-14-31-18/h1-8,13-14H,9-12H2. The van der Waals surface area contributed by atoms with E-state index in [2.05, 4.69) is 4.90 Å². The summed E-state index contributed by atoms with van der Waals surface area (Å²) in [4.78, 5) is 34.9. The number of ketones is 1. The summed E-state index contributed by atoms with van der Waals surface area (Å²) >= 11 is 7.30. The number of piperazine rings is 1. The van der Waals surface area contributed by atoms with Gasteiger partial charge in [0.1, 0.15) is 10.6 Å². The first-order valence-corrected chi connectivity index (χ1v) is 11.2. The van der Waals surface area contributed by atoms with Crippen molar-refractivity contribution in [2.24, 2.45) is 0 Å². The molecule has 5 rings (SSSR count). The Bertz CT molecular complexity index is 1230. The van der Waals surface area contributed by atoms with Crippen molar-refractivity contribution >= 4 is 39.8 Å². The van der Waals surface area contributed by atoms with Gasteiger partial charge < -0.3 is 18.6 Å². The number of carbonyl (C=O) groups excluding carboxylic acids is 2. The van der Waals surface area contributed by atoms with Gasteiger partial charge in [-0.15, -0.1) is 0 Å². The van der Waals surface area contributed by atoms with Crippen LogP contribution in [0.5, 0.6) is 0 Å². The number of hydrogen-bond acceptors (Lipinski definition) is 7. The number of halogens is 1. The molecule has 0 aliphatic carbocycles. The summed E-state index contributed by atoms with van der Waals surface area (Å²) in [6.45, 7) is 2.28. The highest BCUT2D eigenvalue weighted by molar-refractivity contribution is 7.18. The zero-order chi connectivity index (χ0) is 22.1. The van der Waals surface area contributed by atoms with Gasteiger partial charge in [-0.2, -0.15) is 0 Å². The van der Waals surface area contributed by atoms with E-state index < -0.39 is 0 Å². The maximum atomic E-state index is 13.2. The predicted molar refractivity (Wildman–Crippen MR) is 122 cm³/mol. The van der Waals surface area contributed by atoms with Gasteiger partial charge in [-0.25, -0.2) is 4.98 Å². The second kappa shape index (κ2) is 8.64. The largest absolute Gasteiger partial charge is 0.463 e. The van der Waals surface area contributed by atoms with Gasteiger partial charge in [0.15, 0.2) is 16.7 Å². The van der Waals surface area contributed by atoms with Gasteiger partial charge in [0, 0.05) is 36.8 Å². The monoisotopic (exact) mass is 467 g/mol. The van der Waals surface area contributed by atoms with Crippen LogP contribution in [-0.4, -0.2) is 47.8 Å². The normalized spacial score (nSPS) is 14.0. The fourth-order valence-corrected chi connectivity index (χ4v) is 4.78. The molecule has 0 unspecified atom stereocenters. The van der Waals surface area contributed by atoms with Crippen LogP contribution in [0, 0.1) is 0 Å². The Morgan fingerprint density at radius 1 is 0.938 bits per heavy atom. The topological polar surface area (TPSA) is 79.8 Å². The Morgan fingerprint density at radius 3 is 2.31 bits per heavy atom. The zero-order valence-corrected chi connectivity index (χ0v) is 18.4. The quantitative estimate of drug-likeness (QED) is 0.390. The summed E-state index contributed by atoms with van der Waals surface area (Å²) in [5.74, 6) is 0.618. The molecule has 4 aromatic rings. The number of benzene rings is 1. The first-order chi connectivity index (χ1) is 15.6. The second-order valence-electron chi connectivity index (χ2n) is 7.24. The number of hydrogen-bond donors (Lipinski definition) is 0. The van der Waals surface area contributed by atoms with E-state index in [1.165, 1.54) is 17.6 Å². The van der Waals surface area contributed by atoms with E-state index >= 15 is 0 Å². The van der Waals surface area contributed by atoms with Crippen LogP contribution < -0.4 is 4.90 Å². The number of furan rings is 2. The highest BCUT2D eigenvalue weighted by Gasteiger charge is 2.28. The molecule has 3 aromatic heterocycles. The molecule has 0 saturated carbocycles. The van der Waals surface area contributed by atoms with Gasteiger partial charge in [-0.05, 0) is 48.5 Å². The average Bonchev–Trinajstić information content (AvgIpc) is 3.60. The first kappa shape index (κ1) is 20.5. The Kier molecular flexibility index (Phi) is 5.55. The Morgan fingerprint density at radius 2 is 1.66 bits per heavy atom. The van der Waals surface area contributed by atoms with Crippen molar-refractivity contribution in [2.45, 2.75) is 0 Å². The molecule has 1 aliphatic heterocycles. The fraction of sp³-hybridized carbons (Fsp3) is 0.174. The minimum absolute atomic E-state index is 0.122. The van der Waals surface area contributed by atoms with Gasteiger partial charge >= 0.3 is 0 Å². The van der Waals surface area contributed by atoms with E-state index in [1.54, 1.807) is 59.7 Å². The molecule has 0 bridgehead atoms. The third-order valence-electron chi connectivity index (χ3n) is 5.25. The molecule has 0 N–H and O–H groups in total. The van der Waals surface area contributed by atoms with Crippen molar-refractivity contribution in [3.05, 3.63) is 82.3 Å². The van der Waals surface area contributed by atoms with Gasteiger partial charge in [-0.3, -0.25) is 9.59 Å². The van der Waals surface area contributed by atoms with E-state index in [-0.39, 0.29) is 11.7 Å². The molecule has 32 heavy (non-hydrogen) atoms. The Labute approximate surface area is 192 Å². The molecule has 162 valence electrons. The minimum Gasteiger partial charge on any atom is -0.463 e. The molecular formula is C23H18ClN3O4S. The summed E-state index contributed by atoms with van der Waals surface area (Å²) in [7, 11) is 0. The number of thiazole rings is 1. The highest BCUT2D eigenvalue weighted by Crippen LogP contribution is 2.35. The third kappa shape index (κ3) is 3.94. The maximum absolute atomic E-state index is 13.2. The van der Waals surface area contributed by atoms with E-state index in [9.17, 15) is 9.59 Å². The third-order valence-corrected chi connectivity index (χ3v) is 6.62. The summed E-state index contributed by atoms with van der Waals surface area (Å²) in [5.41, 5.74) is 1.05. The van der Waals surface area contributed by atoms with E-state index in [1.807, 2.05) is 0 Å². The molecule has 1 fully saturated rings. The summed E-state index contributed by atoms with van der Waals surface area (Å²) in [5, 5.41) is 1.29. The molecule has 0 atom stereocenters. The van der Waals surface area contributed by atoms with Gasteiger partial charge in [0.25, 0.3) is 5.91 Å². The first-order valence-electron chi connectivity index (χ1n) is 10.0. The van der Waals surface area contributed by atoms with Gasteiger partial charge in [-0.1, -0.05) is 22.9 Å². The summed E-state index contributed by atoms with van der Waals surface area (Å²) in [6.07, 6.45) is 3.05. The molecule has 0 radical (unpaired) electrons. The Hall–Kier alpha value is -3.36. The zero-order valence-electron chi connectivity index (χ0n) is 16.9. The number of carbonyl (C=O) groups is 2. The molecule has 0 spiro atoms. The van der Waals surface area contributed by atoms with Crippen molar-refractivity contribution < 1.29 is 18.4 Å². The van der Waals surface area contributed by atoms with Crippen LogP contribution in [0.25, 0.3) is 11.5 Å². The lowest BCUT2D eigenvalue weighted by Crippen LogP contribution is -2.48. The average molecular weight is 468 g/mol. The minimum atomic E-state index is -0.136. The lowest BCUT2D eigenvalue weighted by Gasteiger charge is -2.34. The van der Waals surface area contributed by atoms with Gasteiger partial charge in [0.05, 0.1) is 12.5 Å². The molecule has 1 saturated heterocycles. The van der Waals surface area contributed by atoms with Crippen LogP contribution in [0.15, 0.2) is 69.9 Å². The molecular weight excluding hydrogens is 450 g/mol. The lowest BCUT2D eigenvalue weighted by atomic mass is 10.1. The molecule has 4 heterocycles. The number of nitrogens with zero attached hydrogens (tertiary/aromatic N) is 3. The molecule has 1 aliphatic rings. The fourth-order valence-electron chi connectivity index (χ4n) is 3.57. The number of anilines is 1. The van der Waals surface area contributed by atoms with Crippen molar-refractivity contribution in [3.8, 4) is 11.5 Å². The smallest absolute Gasteiger partial charge is 0.289 e. The Balaban J connectivity index is 1.39. The van der Waals surface area contributed by atoms with Crippen molar-refractivity contribution in [3.63, 3.8) is 0 Å². The van der Waals surface area contributed by atoms with E-state index in [0.29, 0.717) is 58.9 Å². The molecule has 1 aromatic carbocycles. The summed E-state index contributed by atoms with van der Waals surface area (Å²) < 4.78 is 10.8. The van der Waals surface area contributed by atoms with Crippen LogP contribution in [-0.2, 0) is 0 Å². The van der Waals surface area contributed by atoms with E-state index in [4.69, 9.17) is 25.4 Å². The van der Waals surface area contributed by atoms with Crippen LogP contribution in [0.4, 0.5) is 5.13 Å². The molecule has 1 amide bonds. The second-order valence-corrected chi connectivity index (χ2v) is 8.66. The van der Waals surface area contributed by atoms with Gasteiger partial charge in [0.2, 0.25) is 5.78 Å². The molecule has 9 heteroatoms. The predicted octanol–water partition coefficient (Wildman–Crippen LogP) is 4.84. The van der Waals surface area contributed by atoms with Crippen molar-refractivity contribution in [2.75, 3.05) is 31.1 Å². The maximum Gasteiger partial charge on any atom is 0.289 e. The number of amides is 1. The number of rotatable bonds is 5. The van der Waals surface area contributed by atoms with Crippen LogP contribution >= 0.6 is 22.9 Å². The SMILES string of the molecule is O=C(c1ccc(Cl)cc1)c1sc(N2CCN(C(=O)c3ccco3)CC2)nc1-c1ccco1. The van der Waals surface area contributed by atoms with Crippen LogP contribution in [0.3, 0.4) is 0 Å².